The van der Waals surface area contributed by atoms with Gasteiger partial charge in [0.1, 0.15) is 11.4 Å². The van der Waals surface area contributed by atoms with E-state index in [1.165, 1.54) is 4.90 Å². The number of carbonyl (C=O) groups is 2. The number of imide groups is 1. The zero-order chi connectivity index (χ0) is 23.7. The molecule has 0 N–H and O–H groups in total. The summed E-state index contributed by atoms with van der Waals surface area (Å²) < 4.78 is 5.57. The minimum atomic E-state index is -0.276. The largest absolute Gasteiger partial charge is 0.494 e. The van der Waals surface area contributed by atoms with Gasteiger partial charge in [-0.05, 0) is 94.7 Å². The van der Waals surface area contributed by atoms with E-state index < -0.39 is 0 Å². The van der Waals surface area contributed by atoms with Gasteiger partial charge in [0, 0.05) is 13.1 Å². The van der Waals surface area contributed by atoms with Gasteiger partial charge in [0.2, 0.25) is 0 Å². The summed E-state index contributed by atoms with van der Waals surface area (Å²) in [4.78, 5) is 33.2. The fraction of sp³-hybridized carbons (Fsp3) is 0.407. The Kier molecular flexibility index (Phi) is 6.56. The Morgan fingerprint density at radius 2 is 1.64 bits per heavy atom. The standard InChI is InChI=1S/C27H33N3O3/c1-6-33-23-11-8-20(9-12-23)24-25(29(5)21-13-15-28(4)16-14-21)27(32)30(26(24)31)22-10-7-18(2)19(3)17-22/h7-12,17,21H,6,13-16H2,1-5H3. The number of piperidine rings is 1. The Morgan fingerprint density at radius 1 is 0.970 bits per heavy atom. The maximum atomic E-state index is 13.8. The number of anilines is 1. The molecule has 6 heteroatoms. The van der Waals surface area contributed by atoms with Crippen LogP contribution in [-0.4, -0.2) is 61.4 Å². The van der Waals surface area contributed by atoms with Crippen LogP contribution in [0.5, 0.6) is 5.75 Å². The van der Waals surface area contributed by atoms with Gasteiger partial charge in [-0.2, -0.15) is 0 Å². The van der Waals surface area contributed by atoms with Crippen molar-refractivity contribution in [3.63, 3.8) is 0 Å². The van der Waals surface area contributed by atoms with Crippen molar-refractivity contribution in [2.24, 2.45) is 0 Å². The second kappa shape index (κ2) is 9.40. The van der Waals surface area contributed by atoms with Gasteiger partial charge in [-0.25, -0.2) is 4.90 Å². The van der Waals surface area contributed by atoms with Crippen molar-refractivity contribution in [2.75, 3.05) is 38.7 Å². The quantitative estimate of drug-likeness (QED) is 0.627. The molecule has 2 heterocycles. The monoisotopic (exact) mass is 447 g/mol. The van der Waals surface area contributed by atoms with Crippen LogP contribution in [0.4, 0.5) is 5.69 Å². The second-order valence-electron chi connectivity index (χ2n) is 9.04. The van der Waals surface area contributed by atoms with Crippen LogP contribution in [-0.2, 0) is 9.59 Å². The van der Waals surface area contributed by atoms with Gasteiger partial charge in [-0.15, -0.1) is 0 Å². The number of likely N-dealkylation sites (N-methyl/N-ethyl adjacent to an activating group) is 1. The Morgan fingerprint density at radius 3 is 2.24 bits per heavy atom. The molecule has 2 aliphatic heterocycles. The van der Waals surface area contributed by atoms with Crippen LogP contribution >= 0.6 is 0 Å². The Balaban J connectivity index is 1.77. The average molecular weight is 448 g/mol. The SMILES string of the molecule is CCOc1ccc(C2=C(N(C)C3CCN(C)CC3)C(=O)N(c3ccc(C)c(C)c3)C2=O)cc1. The first-order valence-corrected chi connectivity index (χ1v) is 11.7. The molecule has 0 bridgehead atoms. The number of ether oxygens (including phenoxy) is 1. The first-order valence-electron chi connectivity index (χ1n) is 11.7. The lowest BCUT2D eigenvalue weighted by molar-refractivity contribution is -0.120. The number of carbonyl (C=O) groups excluding carboxylic acids is 2. The summed E-state index contributed by atoms with van der Waals surface area (Å²) in [5.41, 5.74) is 4.47. The van der Waals surface area contributed by atoms with E-state index in [4.69, 9.17) is 4.74 Å². The van der Waals surface area contributed by atoms with E-state index in [2.05, 4.69) is 11.9 Å². The lowest BCUT2D eigenvalue weighted by Crippen LogP contribution is -2.43. The van der Waals surface area contributed by atoms with Crippen LogP contribution in [0.3, 0.4) is 0 Å². The molecule has 2 aromatic rings. The summed E-state index contributed by atoms with van der Waals surface area (Å²) in [6.07, 6.45) is 1.91. The third kappa shape index (κ3) is 4.40. The fourth-order valence-corrected chi connectivity index (χ4v) is 4.65. The maximum Gasteiger partial charge on any atom is 0.282 e. The Bertz CT molecular complexity index is 1080. The highest BCUT2D eigenvalue weighted by Crippen LogP contribution is 2.37. The summed E-state index contributed by atoms with van der Waals surface area (Å²) in [6, 6.07) is 13.4. The van der Waals surface area contributed by atoms with Crippen molar-refractivity contribution in [2.45, 2.75) is 39.7 Å². The Labute approximate surface area is 196 Å². The maximum absolute atomic E-state index is 13.8. The summed E-state index contributed by atoms with van der Waals surface area (Å²) in [5, 5.41) is 0. The molecule has 2 aromatic carbocycles. The molecule has 0 radical (unpaired) electrons. The van der Waals surface area contributed by atoms with Crippen molar-refractivity contribution in [1.29, 1.82) is 0 Å². The number of hydrogen-bond acceptors (Lipinski definition) is 5. The lowest BCUT2D eigenvalue weighted by atomic mass is 10.00. The van der Waals surface area contributed by atoms with Gasteiger partial charge < -0.3 is 14.5 Å². The predicted molar refractivity (Wildman–Crippen MR) is 131 cm³/mol. The van der Waals surface area contributed by atoms with Gasteiger partial charge in [0.05, 0.1) is 17.9 Å². The van der Waals surface area contributed by atoms with E-state index in [0.29, 0.717) is 23.6 Å². The number of likely N-dealkylation sites (tertiary alicyclic amines) is 1. The molecular formula is C27H33N3O3. The summed E-state index contributed by atoms with van der Waals surface area (Å²) in [6.45, 7) is 8.48. The van der Waals surface area contributed by atoms with Gasteiger partial charge in [-0.3, -0.25) is 9.59 Å². The number of hydrogen-bond donors (Lipinski definition) is 0. The van der Waals surface area contributed by atoms with Crippen molar-refractivity contribution < 1.29 is 14.3 Å². The summed E-state index contributed by atoms with van der Waals surface area (Å²) in [5.74, 6) is 0.214. The Hall–Kier alpha value is -3.12. The molecule has 0 spiro atoms. The van der Waals surface area contributed by atoms with E-state index in [0.717, 1.165) is 48.4 Å². The predicted octanol–water partition coefficient (Wildman–Crippen LogP) is 4.01. The molecule has 0 aliphatic carbocycles. The van der Waals surface area contributed by atoms with E-state index in [-0.39, 0.29) is 17.9 Å². The number of amides is 2. The van der Waals surface area contributed by atoms with Crippen LogP contribution in [0.2, 0.25) is 0 Å². The molecule has 174 valence electrons. The van der Waals surface area contributed by atoms with E-state index in [1.807, 2.05) is 75.2 Å². The van der Waals surface area contributed by atoms with E-state index in [1.54, 1.807) is 0 Å². The highest BCUT2D eigenvalue weighted by molar-refractivity contribution is 6.45. The molecule has 1 fully saturated rings. The van der Waals surface area contributed by atoms with Crippen LogP contribution in [0, 0.1) is 13.8 Å². The van der Waals surface area contributed by atoms with E-state index in [9.17, 15) is 9.59 Å². The van der Waals surface area contributed by atoms with Gasteiger partial charge in [0.15, 0.2) is 0 Å². The first kappa shape index (κ1) is 23.1. The minimum Gasteiger partial charge on any atom is -0.494 e. The third-order valence-corrected chi connectivity index (χ3v) is 6.85. The average Bonchev–Trinajstić information content (AvgIpc) is 3.06. The molecule has 2 amide bonds. The summed E-state index contributed by atoms with van der Waals surface area (Å²) in [7, 11) is 4.07. The minimum absolute atomic E-state index is 0.213. The fourth-order valence-electron chi connectivity index (χ4n) is 4.65. The molecule has 33 heavy (non-hydrogen) atoms. The van der Waals surface area contributed by atoms with Crippen molar-refractivity contribution in [3.05, 3.63) is 64.9 Å². The summed E-state index contributed by atoms with van der Waals surface area (Å²) >= 11 is 0. The number of benzene rings is 2. The molecule has 0 unspecified atom stereocenters. The number of rotatable bonds is 6. The van der Waals surface area contributed by atoms with Crippen LogP contribution in [0.15, 0.2) is 48.2 Å². The van der Waals surface area contributed by atoms with Crippen LogP contribution in [0.25, 0.3) is 5.57 Å². The van der Waals surface area contributed by atoms with Gasteiger partial charge >= 0.3 is 0 Å². The van der Waals surface area contributed by atoms with Crippen molar-refractivity contribution in [3.8, 4) is 5.75 Å². The zero-order valence-corrected chi connectivity index (χ0v) is 20.2. The van der Waals surface area contributed by atoms with Gasteiger partial charge in [-0.1, -0.05) is 18.2 Å². The zero-order valence-electron chi connectivity index (χ0n) is 20.2. The lowest BCUT2D eigenvalue weighted by Gasteiger charge is -2.36. The normalized spacial score (nSPS) is 17.8. The number of nitrogens with zero attached hydrogens (tertiary/aromatic N) is 3. The topological polar surface area (TPSA) is 53.1 Å². The van der Waals surface area contributed by atoms with Gasteiger partial charge in [0.25, 0.3) is 11.8 Å². The van der Waals surface area contributed by atoms with Crippen molar-refractivity contribution >= 4 is 23.1 Å². The number of aryl methyl sites for hydroxylation is 2. The smallest absolute Gasteiger partial charge is 0.282 e. The first-order chi connectivity index (χ1) is 15.8. The van der Waals surface area contributed by atoms with Crippen molar-refractivity contribution in [1.82, 2.24) is 9.80 Å². The molecule has 0 saturated carbocycles. The third-order valence-electron chi connectivity index (χ3n) is 6.85. The molecule has 6 nitrogen and oxygen atoms in total. The van der Waals surface area contributed by atoms with Crippen LogP contribution in [0.1, 0.15) is 36.5 Å². The molecule has 4 rings (SSSR count). The highest BCUT2D eigenvalue weighted by atomic mass is 16.5. The second-order valence-corrected chi connectivity index (χ2v) is 9.04. The molecular weight excluding hydrogens is 414 g/mol. The molecule has 1 saturated heterocycles. The molecule has 2 aliphatic rings. The van der Waals surface area contributed by atoms with Crippen LogP contribution < -0.4 is 9.64 Å². The molecule has 0 atom stereocenters. The molecule has 0 aromatic heterocycles. The highest BCUT2D eigenvalue weighted by Gasteiger charge is 2.43. The van der Waals surface area contributed by atoms with E-state index >= 15 is 0 Å².